The van der Waals surface area contributed by atoms with Crippen LogP contribution in [0.4, 0.5) is 0 Å². The summed E-state index contributed by atoms with van der Waals surface area (Å²) in [5, 5.41) is 61.1. The Hall–Kier alpha value is -1.14. The van der Waals surface area contributed by atoms with E-state index < -0.39 is 54.8 Å². The van der Waals surface area contributed by atoms with Crippen molar-refractivity contribution in [2.45, 2.75) is 108 Å². The van der Waals surface area contributed by atoms with E-state index in [1.165, 1.54) is 0 Å². The quantitative estimate of drug-likeness (QED) is 0.295. The molecular formula is C27H42O10. The molecule has 6 N–H and O–H groups in total. The molecule has 1 saturated heterocycles. The van der Waals surface area contributed by atoms with Gasteiger partial charge in [-0.1, -0.05) is 13.8 Å². The third kappa shape index (κ3) is 4.37. The van der Waals surface area contributed by atoms with E-state index in [9.17, 15) is 40.2 Å². The molecule has 10 nitrogen and oxygen atoms in total. The van der Waals surface area contributed by atoms with Gasteiger partial charge in [-0.25, -0.2) is 4.79 Å². The van der Waals surface area contributed by atoms with Gasteiger partial charge in [0.1, 0.15) is 24.9 Å². The number of carboxylic acids is 1. The van der Waals surface area contributed by atoms with Gasteiger partial charge in [0.25, 0.3) is 0 Å². The van der Waals surface area contributed by atoms with Gasteiger partial charge < -0.3 is 40.1 Å². The SMILES string of the molecule is C[C@]12CC[C@H](O)C[C@@H]1CC[C@@H]1[C@@H]2[C@H](O)C[C@]2(C)[C@@H](C(=O)COC3O[C@H](C(=O)O)[C@@H](O)[C@H](O)[C@H]3O)CC[C@@H]12. The average Bonchev–Trinajstić information content (AvgIpc) is 3.18. The highest BCUT2D eigenvalue weighted by atomic mass is 16.7. The number of aliphatic hydroxyl groups excluding tert-OH is 5. The Kier molecular flexibility index (Phi) is 7.26. The third-order valence-corrected chi connectivity index (χ3v) is 11.2. The average molecular weight is 527 g/mol. The minimum Gasteiger partial charge on any atom is -0.479 e. The van der Waals surface area contributed by atoms with Crippen molar-refractivity contribution in [3.05, 3.63) is 0 Å². The maximum atomic E-state index is 13.4. The molecule has 0 aromatic rings. The van der Waals surface area contributed by atoms with E-state index >= 15 is 0 Å². The Bertz CT molecular complexity index is 896. The fourth-order valence-electron chi connectivity index (χ4n) is 9.34. The first-order chi connectivity index (χ1) is 17.4. The first-order valence-electron chi connectivity index (χ1n) is 13.8. The molecule has 4 saturated carbocycles. The summed E-state index contributed by atoms with van der Waals surface area (Å²) in [7, 11) is 0. The number of rotatable bonds is 5. The van der Waals surface area contributed by atoms with Crippen LogP contribution >= 0.6 is 0 Å². The van der Waals surface area contributed by atoms with Crippen molar-refractivity contribution < 1.29 is 49.7 Å². The van der Waals surface area contributed by atoms with Crippen molar-refractivity contribution in [2.24, 2.45) is 40.4 Å². The van der Waals surface area contributed by atoms with Crippen molar-refractivity contribution in [3.8, 4) is 0 Å². The molecule has 0 radical (unpaired) electrons. The van der Waals surface area contributed by atoms with Gasteiger partial charge >= 0.3 is 5.97 Å². The summed E-state index contributed by atoms with van der Waals surface area (Å²) in [4.78, 5) is 24.8. The number of Topliss-reactive ketones (excluding diaryl/α,β-unsaturated/α-hetero) is 1. The summed E-state index contributed by atoms with van der Waals surface area (Å²) in [5.74, 6) is -0.864. The van der Waals surface area contributed by atoms with Gasteiger partial charge in [0, 0.05) is 5.92 Å². The molecule has 1 heterocycles. The van der Waals surface area contributed by atoms with Crippen LogP contribution < -0.4 is 0 Å². The zero-order valence-electron chi connectivity index (χ0n) is 21.6. The summed E-state index contributed by atoms with van der Waals surface area (Å²) < 4.78 is 10.6. The fraction of sp³-hybridized carbons (Fsp3) is 0.926. The smallest absolute Gasteiger partial charge is 0.335 e. The second-order valence-corrected chi connectivity index (χ2v) is 12.9. The van der Waals surface area contributed by atoms with Crippen molar-refractivity contribution in [3.63, 3.8) is 0 Å². The molecule has 210 valence electrons. The van der Waals surface area contributed by atoms with Gasteiger partial charge in [0.2, 0.25) is 0 Å². The van der Waals surface area contributed by atoms with Crippen LogP contribution in [0.3, 0.4) is 0 Å². The highest BCUT2D eigenvalue weighted by Crippen LogP contribution is 2.67. The molecule has 0 bridgehead atoms. The number of fused-ring (bicyclic) bond motifs is 5. The number of carbonyl (C=O) groups excluding carboxylic acids is 1. The molecule has 1 unspecified atom stereocenters. The summed E-state index contributed by atoms with van der Waals surface area (Å²) in [6.07, 6.45) is -2.84. The summed E-state index contributed by atoms with van der Waals surface area (Å²) in [6, 6.07) is 0. The predicted molar refractivity (Wildman–Crippen MR) is 128 cm³/mol. The van der Waals surface area contributed by atoms with Gasteiger partial charge in [-0.3, -0.25) is 4.79 Å². The minimum atomic E-state index is -1.82. The van der Waals surface area contributed by atoms with E-state index in [0.29, 0.717) is 30.6 Å². The molecule has 1 aliphatic heterocycles. The van der Waals surface area contributed by atoms with E-state index in [4.69, 9.17) is 9.47 Å². The molecular weight excluding hydrogens is 484 g/mol. The van der Waals surface area contributed by atoms with Crippen LogP contribution in [0.2, 0.25) is 0 Å². The largest absolute Gasteiger partial charge is 0.479 e. The number of ketones is 1. The van der Waals surface area contributed by atoms with Crippen LogP contribution in [0.5, 0.6) is 0 Å². The third-order valence-electron chi connectivity index (χ3n) is 11.2. The lowest BCUT2D eigenvalue weighted by atomic mass is 9.44. The Balaban J connectivity index is 1.27. The predicted octanol–water partition coefficient (Wildman–Crippen LogP) is 0.455. The lowest BCUT2D eigenvalue weighted by molar-refractivity contribution is -0.292. The summed E-state index contributed by atoms with van der Waals surface area (Å²) in [6.45, 7) is 3.97. The molecule has 4 aliphatic carbocycles. The number of carbonyl (C=O) groups is 2. The monoisotopic (exact) mass is 526 g/mol. The highest BCUT2D eigenvalue weighted by Gasteiger charge is 2.64. The zero-order chi connectivity index (χ0) is 26.9. The first-order valence-corrected chi connectivity index (χ1v) is 13.8. The van der Waals surface area contributed by atoms with Crippen molar-refractivity contribution in [1.29, 1.82) is 0 Å². The zero-order valence-corrected chi connectivity index (χ0v) is 21.6. The van der Waals surface area contributed by atoms with Crippen LogP contribution in [0.15, 0.2) is 0 Å². The maximum Gasteiger partial charge on any atom is 0.335 e. The van der Waals surface area contributed by atoms with Crippen molar-refractivity contribution >= 4 is 11.8 Å². The van der Waals surface area contributed by atoms with E-state index in [-0.39, 0.29) is 29.1 Å². The van der Waals surface area contributed by atoms with Crippen LogP contribution in [-0.4, -0.2) is 91.9 Å². The van der Waals surface area contributed by atoms with E-state index in [0.717, 1.165) is 38.5 Å². The molecule has 5 rings (SSSR count). The van der Waals surface area contributed by atoms with Gasteiger partial charge in [-0.2, -0.15) is 0 Å². The number of ether oxygens (including phenoxy) is 2. The fourth-order valence-corrected chi connectivity index (χ4v) is 9.34. The van der Waals surface area contributed by atoms with Crippen LogP contribution in [-0.2, 0) is 19.1 Å². The van der Waals surface area contributed by atoms with E-state index in [2.05, 4.69) is 13.8 Å². The molecule has 5 fully saturated rings. The van der Waals surface area contributed by atoms with Crippen LogP contribution in [0.25, 0.3) is 0 Å². The van der Waals surface area contributed by atoms with Crippen LogP contribution in [0, 0.1) is 40.4 Å². The molecule has 37 heavy (non-hydrogen) atoms. The van der Waals surface area contributed by atoms with Gasteiger partial charge in [0.05, 0.1) is 12.2 Å². The number of hydrogen-bond donors (Lipinski definition) is 6. The van der Waals surface area contributed by atoms with Crippen molar-refractivity contribution in [2.75, 3.05) is 6.61 Å². The number of hydrogen-bond acceptors (Lipinski definition) is 9. The Morgan fingerprint density at radius 2 is 1.65 bits per heavy atom. The molecule has 5 aliphatic rings. The topological polar surface area (TPSA) is 174 Å². The lowest BCUT2D eigenvalue weighted by Gasteiger charge is -2.62. The molecule has 0 spiro atoms. The van der Waals surface area contributed by atoms with Crippen LogP contribution in [0.1, 0.15) is 65.2 Å². The normalized spacial score (nSPS) is 53.6. The maximum absolute atomic E-state index is 13.4. The minimum absolute atomic E-state index is 0.00532. The van der Waals surface area contributed by atoms with Gasteiger partial charge in [0.15, 0.2) is 18.2 Å². The number of aliphatic hydroxyl groups is 5. The van der Waals surface area contributed by atoms with Gasteiger partial charge in [-0.05, 0) is 85.9 Å². The van der Waals surface area contributed by atoms with E-state index in [1.54, 1.807) is 0 Å². The lowest BCUT2D eigenvalue weighted by Crippen LogP contribution is -2.60. The standard InChI is InChI=1S/C27H42O10/c1-26-8-7-13(28)9-12(26)3-4-14-15-5-6-16(27(15,2)10-17(29)19(14)26)18(30)11-36-25-22(33)20(31)21(32)23(37-25)24(34)35/h12-17,19-23,25,28-29,31-33H,3-11H2,1-2H3,(H,34,35)/t12-,13-,14-,15-,16+,17+,19+,20-,21-,22+,23-,25?,26-,27-/m0/s1. The second-order valence-electron chi connectivity index (χ2n) is 12.9. The first kappa shape index (κ1) is 27.4. The summed E-state index contributed by atoms with van der Waals surface area (Å²) in [5.41, 5.74) is -0.404. The molecule has 0 aromatic heterocycles. The molecule has 14 atom stereocenters. The second kappa shape index (κ2) is 9.80. The van der Waals surface area contributed by atoms with E-state index in [1.807, 2.05) is 0 Å². The van der Waals surface area contributed by atoms with Gasteiger partial charge in [-0.15, -0.1) is 0 Å². The number of carboxylic acid groups (broad SMARTS) is 1. The molecule has 0 aromatic carbocycles. The molecule has 10 heteroatoms. The number of aliphatic carboxylic acids is 1. The Labute approximate surface area is 217 Å². The highest BCUT2D eigenvalue weighted by molar-refractivity contribution is 5.83. The Morgan fingerprint density at radius 1 is 0.919 bits per heavy atom. The summed E-state index contributed by atoms with van der Waals surface area (Å²) >= 11 is 0. The Morgan fingerprint density at radius 3 is 2.35 bits per heavy atom. The van der Waals surface area contributed by atoms with Crippen molar-refractivity contribution in [1.82, 2.24) is 0 Å². The molecule has 0 amide bonds.